The third-order valence-electron chi connectivity index (χ3n) is 3.79. The molecule has 0 radical (unpaired) electrons. The molecule has 2 amide bonds. The first-order chi connectivity index (χ1) is 13.8. The zero-order chi connectivity index (χ0) is 21.6. The molecule has 0 aliphatic carbocycles. The number of carbonyl (C=O) groups excluding carboxylic acids is 2. The van der Waals surface area contributed by atoms with Gasteiger partial charge in [-0.3, -0.25) is 14.9 Å². The topological polar surface area (TPSA) is 90.0 Å². The summed E-state index contributed by atoms with van der Waals surface area (Å²) in [6.07, 6.45) is 0. The Morgan fingerprint density at radius 1 is 1.03 bits per heavy atom. The lowest BCUT2D eigenvalue weighted by molar-refractivity contribution is 0.0831. The van der Waals surface area contributed by atoms with Gasteiger partial charge in [-0.05, 0) is 39.8 Å². The van der Waals surface area contributed by atoms with Crippen LogP contribution in [0.25, 0.3) is 0 Å². The number of benzene rings is 1. The van der Waals surface area contributed by atoms with Gasteiger partial charge in [-0.2, -0.15) is 0 Å². The zero-order valence-electron chi connectivity index (χ0n) is 17.6. The Labute approximate surface area is 174 Å². The standard InChI is InChI=1S/C20H27N3O5S/c1-7-26-14-10-13(11-15(27-8-2)16(14)28-9-3)18(24)22-20-21-12(4)17(29-20)19(25)23(5)6/h10-11H,7-9H2,1-6H3,(H,21,22,24). The number of thiazole rings is 1. The summed E-state index contributed by atoms with van der Waals surface area (Å²) in [6, 6.07) is 3.22. The van der Waals surface area contributed by atoms with Gasteiger partial charge in [0.15, 0.2) is 16.6 Å². The summed E-state index contributed by atoms with van der Waals surface area (Å²) in [5, 5.41) is 3.10. The van der Waals surface area contributed by atoms with Crippen LogP contribution in [0, 0.1) is 6.92 Å². The molecule has 0 aliphatic rings. The van der Waals surface area contributed by atoms with Crippen molar-refractivity contribution < 1.29 is 23.8 Å². The molecule has 0 unspecified atom stereocenters. The minimum absolute atomic E-state index is 0.154. The Morgan fingerprint density at radius 3 is 2.07 bits per heavy atom. The maximum absolute atomic E-state index is 12.8. The zero-order valence-corrected chi connectivity index (χ0v) is 18.4. The van der Waals surface area contributed by atoms with Crippen LogP contribution in [-0.2, 0) is 0 Å². The van der Waals surface area contributed by atoms with Crippen LogP contribution in [0.4, 0.5) is 5.13 Å². The molecule has 29 heavy (non-hydrogen) atoms. The van der Waals surface area contributed by atoms with Crippen molar-refractivity contribution in [3.05, 3.63) is 28.3 Å². The van der Waals surface area contributed by atoms with Crippen LogP contribution in [0.2, 0.25) is 0 Å². The lowest BCUT2D eigenvalue weighted by Gasteiger charge is -2.16. The van der Waals surface area contributed by atoms with Crippen molar-refractivity contribution >= 4 is 28.3 Å². The van der Waals surface area contributed by atoms with Gasteiger partial charge in [-0.1, -0.05) is 11.3 Å². The van der Waals surface area contributed by atoms with E-state index in [1.165, 1.54) is 4.90 Å². The minimum atomic E-state index is -0.382. The quantitative estimate of drug-likeness (QED) is 0.665. The first-order valence-corrected chi connectivity index (χ1v) is 10.2. The van der Waals surface area contributed by atoms with Gasteiger partial charge in [0.05, 0.1) is 25.5 Å². The number of nitrogens with zero attached hydrogens (tertiary/aromatic N) is 2. The number of rotatable bonds is 9. The Balaban J connectivity index is 2.35. The Hall–Kier alpha value is -2.81. The molecule has 9 heteroatoms. The highest BCUT2D eigenvalue weighted by atomic mass is 32.1. The first kappa shape index (κ1) is 22.5. The van der Waals surface area contributed by atoms with Crippen LogP contribution in [0.3, 0.4) is 0 Å². The van der Waals surface area contributed by atoms with E-state index >= 15 is 0 Å². The highest BCUT2D eigenvalue weighted by Crippen LogP contribution is 2.39. The predicted octanol–water partition coefficient (Wildman–Crippen LogP) is 3.60. The lowest BCUT2D eigenvalue weighted by Crippen LogP contribution is -2.21. The second-order valence-corrected chi connectivity index (χ2v) is 7.19. The van der Waals surface area contributed by atoms with Crippen LogP contribution in [-0.4, -0.2) is 55.6 Å². The summed E-state index contributed by atoms with van der Waals surface area (Å²) < 4.78 is 17.0. The summed E-state index contributed by atoms with van der Waals surface area (Å²) in [4.78, 5) is 31.3. The molecule has 2 rings (SSSR count). The van der Waals surface area contributed by atoms with E-state index in [1.807, 2.05) is 20.8 Å². The van der Waals surface area contributed by atoms with Crippen LogP contribution in [0.1, 0.15) is 46.5 Å². The second-order valence-electron chi connectivity index (χ2n) is 6.19. The maximum Gasteiger partial charge on any atom is 0.265 e. The molecule has 0 atom stereocenters. The number of amides is 2. The molecule has 0 saturated carbocycles. The van der Waals surface area contributed by atoms with Crippen molar-refractivity contribution in [3.8, 4) is 17.2 Å². The summed E-state index contributed by atoms with van der Waals surface area (Å²) in [6.45, 7) is 8.57. The Morgan fingerprint density at radius 2 is 1.59 bits per heavy atom. The van der Waals surface area contributed by atoms with E-state index in [1.54, 1.807) is 33.2 Å². The van der Waals surface area contributed by atoms with Crippen LogP contribution in [0.5, 0.6) is 17.2 Å². The van der Waals surface area contributed by atoms with E-state index in [-0.39, 0.29) is 11.8 Å². The normalized spacial score (nSPS) is 10.4. The van der Waals surface area contributed by atoms with Gasteiger partial charge >= 0.3 is 0 Å². The molecule has 1 heterocycles. The molecule has 158 valence electrons. The largest absolute Gasteiger partial charge is 0.490 e. The molecule has 8 nitrogen and oxygen atoms in total. The number of nitrogens with one attached hydrogen (secondary N) is 1. The molecule has 0 bridgehead atoms. The third kappa shape index (κ3) is 5.38. The van der Waals surface area contributed by atoms with E-state index in [4.69, 9.17) is 14.2 Å². The van der Waals surface area contributed by atoms with Crippen LogP contribution < -0.4 is 19.5 Å². The van der Waals surface area contributed by atoms with Crippen molar-refractivity contribution in [1.29, 1.82) is 0 Å². The van der Waals surface area contributed by atoms with E-state index in [0.29, 0.717) is 58.3 Å². The fraction of sp³-hybridized carbons (Fsp3) is 0.450. The number of ether oxygens (including phenoxy) is 3. The molecular formula is C20H27N3O5S. The number of aromatic nitrogens is 1. The van der Waals surface area contributed by atoms with Gasteiger partial charge in [0.25, 0.3) is 11.8 Å². The lowest BCUT2D eigenvalue weighted by atomic mass is 10.1. The first-order valence-electron chi connectivity index (χ1n) is 9.39. The summed E-state index contributed by atoms with van der Waals surface area (Å²) in [5.41, 5.74) is 0.911. The van der Waals surface area contributed by atoms with Crippen LogP contribution in [0.15, 0.2) is 12.1 Å². The Kier molecular flexibility index (Phi) is 7.83. The van der Waals surface area contributed by atoms with E-state index < -0.39 is 0 Å². The maximum atomic E-state index is 12.8. The molecule has 0 aliphatic heterocycles. The fourth-order valence-electron chi connectivity index (χ4n) is 2.54. The van der Waals surface area contributed by atoms with E-state index in [9.17, 15) is 9.59 Å². The van der Waals surface area contributed by atoms with Crippen molar-refractivity contribution in [2.75, 3.05) is 39.2 Å². The minimum Gasteiger partial charge on any atom is -0.490 e. The number of aryl methyl sites for hydroxylation is 1. The van der Waals surface area contributed by atoms with Gasteiger partial charge in [-0.15, -0.1) is 0 Å². The summed E-state index contributed by atoms with van der Waals surface area (Å²) in [7, 11) is 3.34. The number of carbonyl (C=O) groups is 2. The highest BCUT2D eigenvalue weighted by Gasteiger charge is 2.21. The van der Waals surface area contributed by atoms with Crippen molar-refractivity contribution in [2.24, 2.45) is 0 Å². The number of hydrogen-bond acceptors (Lipinski definition) is 7. The van der Waals surface area contributed by atoms with Gasteiger partial charge in [0.1, 0.15) is 4.88 Å². The van der Waals surface area contributed by atoms with E-state index in [0.717, 1.165) is 11.3 Å². The number of hydrogen-bond donors (Lipinski definition) is 1. The molecule has 0 saturated heterocycles. The highest BCUT2D eigenvalue weighted by molar-refractivity contribution is 7.17. The van der Waals surface area contributed by atoms with E-state index in [2.05, 4.69) is 10.3 Å². The monoisotopic (exact) mass is 421 g/mol. The predicted molar refractivity (Wildman–Crippen MR) is 113 cm³/mol. The van der Waals surface area contributed by atoms with Gasteiger partial charge < -0.3 is 19.1 Å². The summed E-state index contributed by atoms with van der Waals surface area (Å²) in [5.74, 6) is 0.802. The molecule has 2 aromatic rings. The second kappa shape index (κ2) is 10.1. The smallest absolute Gasteiger partial charge is 0.265 e. The molecular weight excluding hydrogens is 394 g/mol. The average molecular weight is 422 g/mol. The molecule has 1 aromatic carbocycles. The van der Waals surface area contributed by atoms with Gasteiger partial charge in [-0.25, -0.2) is 4.98 Å². The Bertz CT molecular complexity index is 852. The molecule has 1 N–H and O–H groups in total. The van der Waals surface area contributed by atoms with Crippen molar-refractivity contribution in [3.63, 3.8) is 0 Å². The SMILES string of the molecule is CCOc1cc(C(=O)Nc2nc(C)c(C(=O)N(C)C)s2)cc(OCC)c1OCC. The third-order valence-corrected chi connectivity index (χ3v) is 4.85. The molecule has 0 fully saturated rings. The number of anilines is 1. The average Bonchev–Trinajstić information content (AvgIpc) is 3.03. The van der Waals surface area contributed by atoms with Crippen LogP contribution >= 0.6 is 11.3 Å². The summed E-state index contributed by atoms with van der Waals surface area (Å²) >= 11 is 1.14. The van der Waals surface area contributed by atoms with Gasteiger partial charge in [0.2, 0.25) is 5.75 Å². The van der Waals surface area contributed by atoms with Crippen molar-refractivity contribution in [1.82, 2.24) is 9.88 Å². The molecule has 1 aromatic heterocycles. The van der Waals surface area contributed by atoms with Gasteiger partial charge in [0, 0.05) is 19.7 Å². The van der Waals surface area contributed by atoms with Crippen molar-refractivity contribution in [2.45, 2.75) is 27.7 Å². The fourth-order valence-corrected chi connectivity index (χ4v) is 3.52. The molecule has 0 spiro atoms.